The van der Waals surface area contributed by atoms with Crippen molar-refractivity contribution < 1.29 is 0 Å². The molecule has 2 aromatic heterocycles. The van der Waals surface area contributed by atoms with E-state index < -0.39 is 0 Å². The summed E-state index contributed by atoms with van der Waals surface area (Å²) in [7, 11) is 0. The highest BCUT2D eigenvalue weighted by Crippen LogP contribution is 2.21. The number of aromatic nitrogens is 3. The van der Waals surface area contributed by atoms with Gasteiger partial charge in [0.05, 0.1) is 22.5 Å². The van der Waals surface area contributed by atoms with Crippen LogP contribution in [0.1, 0.15) is 5.69 Å². The Morgan fingerprint density at radius 3 is 2.48 bits per heavy atom. The summed E-state index contributed by atoms with van der Waals surface area (Å²) in [4.78, 5) is 17.5. The standard InChI is InChI=1S/C19H15N3O/c1-13-18(17-12-11-14-7-5-6-10-16(14)20-17)19(23)22(21-13)15-8-3-2-4-9-15/h2-12,21H,1H3. The fourth-order valence-corrected chi connectivity index (χ4v) is 2.81. The van der Waals surface area contributed by atoms with Gasteiger partial charge in [-0.25, -0.2) is 9.67 Å². The third-order valence-corrected chi connectivity index (χ3v) is 3.94. The molecule has 0 saturated carbocycles. The summed E-state index contributed by atoms with van der Waals surface area (Å²) in [6.45, 7) is 1.90. The normalized spacial score (nSPS) is 11.0. The molecule has 2 aromatic carbocycles. The quantitative estimate of drug-likeness (QED) is 0.614. The number of nitrogens with zero attached hydrogens (tertiary/aromatic N) is 2. The van der Waals surface area contributed by atoms with E-state index in [4.69, 9.17) is 0 Å². The van der Waals surface area contributed by atoms with Crippen LogP contribution in [0.3, 0.4) is 0 Å². The first-order chi connectivity index (χ1) is 11.2. The first-order valence-electron chi connectivity index (χ1n) is 7.47. The topological polar surface area (TPSA) is 50.7 Å². The Morgan fingerprint density at radius 1 is 0.913 bits per heavy atom. The molecule has 23 heavy (non-hydrogen) atoms. The summed E-state index contributed by atoms with van der Waals surface area (Å²) in [6, 6.07) is 21.3. The summed E-state index contributed by atoms with van der Waals surface area (Å²) >= 11 is 0. The van der Waals surface area contributed by atoms with Gasteiger partial charge in [0, 0.05) is 11.1 Å². The Balaban J connectivity index is 1.92. The zero-order valence-corrected chi connectivity index (χ0v) is 12.7. The van der Waals surface area contributed by atoms with Crippen molar-refractivity contribution in [3.8, 4) is 16.9 Å². The number of para-hydroxylation sites is 2. The fourth-order valence-electron chi connectivity index (χ4n) is 2.81. The summed E-state index contributed by atoms with van der Waals surface area (Å²) in [6.07, 6.45) is 0. The number of H-pyrrole nitrogens is 1. The highest BCUT2D eigenvalue weighted by atomic mass is 16.1. The maximum Gasteiger partial charge on any atom is 0.280 e. The number of aromatic amines is 1. The smallest absolute Gasteiger partial charge is 0.280 e. The number of hydrogen-bond acceptors (Lipinski definition) is 2. The predicted octanol–water partition coefficient (Wildman–Crippen LogP) is 3.69. The molecule has 0 saturated heterocycles. The van der Waals surface area contributed by atoms with Crippen molar-refractivity contribution in [1.82, 2.24) is 14.8 Å². The molecule has 112 valence electrons. The Kier molecular flexibility index (Phi) is 3.08. The highest BCUT2D eigenvalue weighted by molar-refractivity contribution is 5.81. The van der Waals surface area contributed by atoms with Crippen molar-refractivity contribution in [1.29, 1.82) is 0 Å². The Bertz CT molecular complexity index is 1050. The van der Waals surface area contributed by atoms with E-state index in [1.54, 1.807) is 4.68 Å². The molecule has 2 heterocycles. The minimum Gasteiger partial charge on any atom is -0.295 e. The van der Waals surface area contributed by atoms with Crippen LogP contribution in [0.4, 0.5) is 0 Å². The van der Waals surface area contributed by atoms with Crippen LogP contribution in [0.2, 0.25) is 0 Å². The summed E-state index contributed by atoms with van der Waals surface area (Å²) in [5, 5.41) is 4.20. The maximum absolute atomic E-state index is 12.8. The number of hydrogen-bond donors (Lipinski definition) is 1. The van der Waals surface area contributed by atoms with Crippen molar-refractivity contribution in [3.63, 3.8) is 0 Å². The predicted molar refractivity (Wildman–Crippen MR) is 91.9 cm³/mol. The molecule has 0 radical (unpaired) electrons. The number of benzene rings is 2. The van der Waals surface area contributed by atoms with Gasteiger partial charge in [-0.3, -0.25) is 9.89 Å². The molecule has 0 unspecified atom stereocenters. The molecule has 1 N–H and O–H groups in total. The van der Waals surface area contributed by atoms with Crippen molar-refractivity contribution in [3.05, 3.63) is 82.8 Å². The van der Waals surface area contributed by atoms with Gasteiger partial charge < -0.3 is 0 Å². The molecule has 4 nitrogen and oxygen atoms in total. The molecule has 4 heteroatoms. The van der Waals surface area contributed by atoms with Gasteiger partial charge in [-0.2, -0.15) is 0 Å². The number of fused-ring (bicyclic) bond motifs is 1. The van der Waals surface area contributed by atoms with Gasteiger partial charge in [0.25, 0.3) is 5.56 Å². The van der Waals surface area contributed by atoms with Crippen LogP contribution in [0.5, 0.6) is 0 Å². The van der Waals surface area contributed by atoms with Gasteiger partial charge in [0.15, 0.2) is 0 Å². The number of rotatable bonds is 2. The number of aryl methyl sites for hydroxylation is 1. The van der Waals surface area contributed by atoms with Gasteiger partial charge in [-0.1, -0.05) is 42.5 Å². The minimum absolute atomic E-state index is 0.0866. The summed E-state index contributed by atoms with van der Waals surface area (Å²) in [5.41, 5.74) is 3.72. The van der Waals surface area contributed by atoms with E-state index in [1.165, 1.54) is 0 Å². The monoisotopic (exact) mass is 301 g/mol. The molecule has 0 aliphatic carbocycles. The molecule has 4 rings (SSSR count). The molecule has 0 atom stereocenters. The van der Waals surface area contributed by atoms with Gasteiger partial charge in [0.1, 0.15) is 0 Å². The van der Waals surface area contributed by atoms with Crippen molar-refractivity contribution in [2.45, 2.75) is 6.92 Å². The van der Waals surface area contributed by atoms with Crippen LogP contribution < -0.4 is 5.56 Å². The van der Waals surface area contributed by atoms with Crippen LogP contribution >= 0.6 is 0 Å². The Hall–Kier alpha value is -3.14. The minimum atomic E-state index is -0.0866. The first-order valence-corrected chi connectivity index (χ1v) is 7.47. The van der Waals surface area contributed by atoms with Gasteiger partial charge >= 0.3 is 0 Å². The summed E-state index contributed by atoms with van der Waals surface area (Å²) < 4.78 is 1.56. The highest BCUT2D eigenvalue weighted by Gasteiger charge is 2.15. The van der Waals surface area contributed by atoms with E-state index in [1.807, 2.05) is 73.7 Å². The van der Waals surface area contributed by atoms with Crippen LogP contribution in [-0.4, -0.2) is 14.8 Å². The third kappa shape index (κ3) is 2.25. The van der Waals surface area contributed by atoms with E-state index in [-0.39, 0.29) is 5.56 Å². The van der Waals surface area contributed by atoms with Crippen LogP contribution in [0.25, 0.3) is 27.8 Å². The molecular weight excluding hydrogens is 286 g/mol. The Labute approximate surface area is 133 Å². The molecule has 0 fully saturated rings. The second-order valence-corrected chi connectivity index (χ2v) is 5.48. The SMILES string of the molecule is Cc1[nH]n(-c2ccccc2)c(=O)c1-c1ccc2ccccc2n1. The summed E-state index contributed by atoms with van der Waals surface area (Å²) in [5.74, 6) is 0. The van der Waals surface area contributed by atoms with Crippen LogP contribution in [0, 0.1) is 6.92 Å². The lowest BCUT2D eigenvalue weighted by molar-refractivity contribution is 0.835. The zero-order chi connectivity index (χ0) is 15.8. The van der Waals surface area contributed by atoms with Gasteiger partial charge in [0.2, 0.25) is 0 Å². The first kappa shape index (κ1) is 13.5. The molecular formula is C19H15N3O. The zero-order valence-electron chi connectivity index (χ0n) is 12.7. The van der Waals surface area contributed by atoms with Crippen molar-refractivity contribution >= 4 is 10.9 Å². The van der Waals surface area contributed by atoms with E-state index in [2.05, 4.69) is 10.1 Å². The third-order valence-electron chi connectivity index (χ3n) is 3.94. The molecule has 0 aliphatic rings. The van der Waals surface area contributed by atoms with Gasteiger partial charge in [-0.05, 0) is 31.2 Å². The lowest BCUT2D eigenvalue weighted by atomic mass is 10.1. The van der Waals surface area contributed by atoms with Crippen LogP contribution in [0.15, 0.2) is 71.5 Å². The molecule has 4 aromatic rings. The number of pyridine rings is 1. The van der Waals surface area contributed by atoms with E-state index >= 15 is 0 Å². The van der Waals surface area contributed by atoms with E-state index in [0.717, 1.165) is 22.3 Å². The largest absolute Gasteiger partial charge is 0.295 e. The van der Waals surface area contributed by atoms with E-state index in [9.17, 15) is 4.79 Å². The van der Waals surface area contributed by atoms with Crippen molar-refractivity contribution in [2.75, 3.05) is 0 Å². The molecule has 0 aliphatic heterocycles. The molecule has 0 spiro atoms. The Morgan fingerprint density at radius 2 is 1.65 bits per heavy atom. The van der Waals surface area contributed by atoms with E-state index in [0.29, 0.717) is 11.3 Å². The lowest BCUT2D eigenvalue weighted by Crippen LogP contribution is -2.15. The van der Waals surface area contributed by atoms with Gasteiger partial charge in [-0.15, -0.1) is 0 Å². The number of nitrogens with one attached hydrogen (secondary N) is 1. The second kappa shape index (κ2) is 5.25. The van der Waals surface area contributed by atoms with Crippen LogP contribution in [-0.2, 0) is 0 Å². The maximum atomic E-state index is 12.8. The molecule has 0 bridgehead atoms. The second-order valence-electron chi connectivity index (χ2n) is 5.48. The average molecular weight is 301 g/mol. The average Bonchev–Trinajstić information content (AvgIpc) is 2.90. The fraction of sp³-hybridized carbons (Fsp3) is 0.0526. The molecule has 0 amide bonds. The van der Waals surface area contributed by atoms with Crippen molar-refractivity contribution in [2.24, 2.45) is 0 Å². The lowest BCUT2D eigenvalue weighted by Gasteiger charge is -2.01.